The molecule has 4 heteroatoms. The summed E-state index contributed by atoms with van der Waals surface area (Å²) in [5.41, 5.74) is 4.80. The molecule has 0 bridgehead atoms. The van der Waals surface area contributed by atoms with Crippen LogP contribution in [0.5, 0.6) is 0 Å². The van der Waals surface area contributed by atoms with Crippen LogP contribution in [0.25, 0.3) is 16.9 Å². The van der Waals surface area contributed by atoms with Crippen molar-refractivity contribution < 1.29 is 4.79 Å². The number of carbonyl (C=O) groups excluding carboxylic acids is 1. The fraction of sp³-hybridized carbons (Fsp3) is 0.263. The minimum absolute atomic E-state index is 0.114. The molecule has 4 rings (SSSR count). The zero-order chi connectivity index (χ0) is 15.8. The highest BCUT2D eigenvalue weighted by Gasteiger charge is 2.24. The lowest BCUT2D eigenvalue weighted by Gasteiger charge is -2.09. The third-order valence-corrected chi connectivity index (χ3v) is 4.34. The third kappa shape index (κ3) is 2.97. The Kier molecular flexibility index (Phi) is 3.37. The molecule has 23 heavy (non-hydrogen) atoms. The number of nitrogens with one attached hydrogen (secondary N) is 1. The summed E-state index contributed by atoms with van der Waals surface area (Å²) >= 11 is 0. The van der Waals surface area contributed by atoms with Crippen molar-refractivity contribution in [1.82, 2.24) is 9.38 Å². The summed E-state index contributed by atoms with van der Waals surface area (Å²) in [5.74, 6) is 0.708. The maximum atomic E-state index is 12.1. The van der Waals surface area contributed by atoms with Crippen LogP contribution in [0.3, 0.4) is 0 Å². The quantitative estimate of drug-likeness (QED) is 0.790. The van der Waals surface area contributed by atoms with Gasteiger partial charge in [-0.25, -0.2) is 4.98 Å². The van der Waals surface area contributed by atoms with Gasteiger partial charge < -0.3 is 9.72 Å². The molecule has 1 N–H and O–H groups in total. The molecule has 0 aliphatic heterocycles. The van der Waals surface area contributed by atoms with Crippen molar-refractivity contribution in [3.8, 4) is 11.3 Å². The second-order valence-corrected chi connectivity index (χ2v) is 6.32. The van der Waals surface area contributed by atoms with E-state index >= 15 is 0 Å². The molecule has 1 saturated carbocycles. The van der Waals surface area contributed by atoms with E-state index in [4.69, 9.17) is 0 Å². The molecule has 0 saturated heterocycles. The van der Waals surface area contributed by atoms with E-state index in [2.05, 4.69) is 10.3 Å². The van der Waals surface area contributed by atoms with Crippen LogP contribution in [0, 0.1) is 12.8 Å². The number of amides is 1. The Morgan fingerprint density at radius 3 is 2.96 bits per heavy atom. The maximum absolute atomic E-state index is 12.1. The van der Waals surface area contributed by atoms with Crippen LogP contribution in [-0.4, -0.2) is 15.3 Å². The normalized spacial score (nSPS) is 14.1. The number of anilines is 1. The van der Waals surface area contributed by atoms with E-state index < -0.39 is 0 Å². The molecule has 2 heterocycles. The number of carbonyl (C=O) groups is 1. The molecule has 1 amide bonds. The van der Waals surface area contributed by atoms with E-state index in [0.29, 0.717) is 12.3 Å². The van der Waals surface area contributed by atoms with Gasteiger partial charge in [0.2, 0.25) is 5.91 Å². The van der Waals surface area contributed by atoms with E-state index in [1.165, 1.54) is 12.8 Å². The van der Waals surface area contributed by atoms with Crippen molar-refractivity contribution in [2.45, 2.75) is 26.2 Å². The molecule has 1 fully saturated rings. The monoisotopic (exact) mass is 305 g/mol. The lowest BCUT2D eigenvalue weighted by molar-refractivity contribution is -0.116. The first-order valence-electron chi connectivity index (χ1n) is 8.04. The van der Waals surface area contributed by atoms with Gasteiger partial charge in [0.1, 0.15) is 5.65 Å². The summed E-state index contributed by atoms with van der Waals surface area (Å²) < 4.78 is 2.00. The topological polar surface area (TPSA) is 46.4 Å². The van der Waals surface area contributed by atoms with E-state index in [-0.39, 0.29) is 5.91 Å². The van der Waals surface area contributed by atoms with Gasteiger partial charge in [-0.3, -0.25) is 4.79 Å². The Bertz CT molecular complexity index is 844. The number of hydrogen-bond acceptors (Lipinski definition) is 2. The summed E-state index contributed by atoms with van der Waals surface area (Å²) in [4.78, 5) is 16.7. The van der Waals surface area contributed by atoms with Gasteiger partial charge in [0.05, 0.1) is 5.69 Å². The SMILES string of the molecule is Cc1ccc(-c2cn3ccccc3n2)cc1NC(=O)CC1CC1. The molecular weight excluding hydrogens is 286 g/mol. The van der Waals surface area contributed by atoms with Gasteiger partial charge in [-0.05, 0) is 49.4 Å². The zero-order valence-electron chi connectivity index (χ0n) is 13.1. The largest absolute Gasteiger partial charge is 0.326 e. The molecule has 1 aromatic carbocycles. The van der Waals surface area contributed by atoms with Crippen LogP contribution in [0.2, 0.25) is 0 Å². The first kappa shape index (κ1) is 14.0. The lowest BCUT2D eigenvalue weighted by atomic mass is 10.1. The maximum Gasteiger partial charge on any atom is 0.224 e. The molecule has 2 aromatic heterocycles. The zero-order valence-corrected chi connectivity index (χ0v) is 13.1. The molecule has 0 atom stereocenters. The minimum atomic E-state index is 0.114. The predicted octanol–water partition coefficient (Wildman–Crippen LogP) is 4.05. The summed E-state index contributed by atoms with van der Waals surface area (Å²) in [6, 6.07) is 12.0. The third-order valence-electron chi connectivity index (χ3n) is 4.34. The minimum Gasteiger partial charge on any atom is -0.326 e. The lowest BCUT2D eigenvalue weighted by Crippen LogP contribution is -2.12. The average molecular weight is 305 g/mol. The van der Waals surface area contributed by atoms with Crippen LogP contribution in [-0.2, 0) is 4.79 Å². The first-order chi connectivity index (χ1) is 11.2. The van der Waals surface area contributed by atoms with E-state index in [9.17, 15) is 4.79 Å². The van der Waals surface area contributed by atoms with Gasteiger partial charge >= 0.3 is 0 Å². The van der Waals surface area contributed by atoms with Crippen LogP contribution < -0.4 is 5.32 Å². The van der Waals surface area contributed by atoms with Crippen LogP contribution in [0.4, 0.5) is 5.69 Å². The Morgan fingerprint density at radius 2 is 2.17 bits per heavy atom. The number of imidazole rings is 1. The molecule has 1 aliphatic carbocycles. The Morgan fingerprint density at radius 1 is 1.30 bits per heavy atom. The fourth-order valence-electron chi connectivity index (χ4n) is 2.78. The number of rotatable bonds is 4. The van der Waals surface area contributed by atoms with Crippen LogP contribution >= 0.6 is 0 Å². The van der Waals surface area contributed by atoms with Gasteiger partial charge in [0, 0.05) is 30.1 Å². The van der Waals surface area contributed by atoms with Gasteiger partial charge in [-0.1, -0.05) is 18.2 Å². The average Bonchev–Trinajstić information content (AvgIpc) is 3.24. The fourth-order valence-corrected chi connectivity index (χ4v) is 2.78. The van der Waals surface area contributed by atoms with Gasteiger partial charge in [0.15, 0.2) is 0 Å². The van der Waals surface area contributed by atoms with E-state index in [0.717, 1.165) is 28.2 Å². The van der Waals surface area contributed by atoms with Gasteiger partial charge in [-0.15, -0.1) is 0 Å². The standard InChI is InChI=1S/C19H19N3O/c1-13-5-8-15(11-16(13)21-19(23)10-14-6-7-14)17-12-22-9-3-2-4-18(22)20-17/h2-5,8-9,11-12,14H,6-7,10H2,1H3,(H,21,23). The summed E-state index contributed by atoms with van der Waals surface area (Å²) in [7, 11) is 0. The first-order valence-corrected chi connectivity index (χ1v) is 8.04. The van der Waals surface area contributed by atoms with Crippen molar-refractivity contribution in [3.05, 3.63) is 54.4 Å². The number of hydrogen-bond donors (Lipinski definition) is 1. The highest BCUT2D eigenvalue weighted by Crippen LogP contribution is 2.33. The Labute approximate surface area is 135 Å². The number of aryl methyl sites for hydroxylation is 1. The van der Waals surface area contributed by atoms with Crippen LogP contribution in [0.1, 0.15) is 24.8 Å². The number of nitrogens with zero attached hydrogens (tertiary/aromatic N) is 2. The van der Waals surface area contributed by atoms with Crippen molar-refractivity contribution in [2.75, 3.05) is 5.32 Å². The number of pyridine rings is 1. The van der Waals surface area contributed by atoms with Crippen molar-refractivity contribution in [1.29, 1.82) is 0 Å². The molecular formula is C19H19N3O. The van der Waals surface area contributed by atoms with Gasteiger partial charge in [0.25, 0.3) is 0 Å². The summed E-state index contributed by atoms with van der Waals surface area (Å²) in [5, 5.41) is 3.05. The summed E-state index contributed by atoms with van der Waals surface area (Å²) in [6.07, 6.45) is 7.01. The van der Waals surface area contributed by atoms with Crippen LogP contribution in [0.15, 0.2) is 48.8 Å². The number of benzene rings is 1. The van der Waals surface area contributed by atoms with E-state index in [1.807, 2.05) is 60.1 Å². The van der Waals surface area contributed by atoms with E-state index in [1.54, 1.807) is 0 Å². The molecule has 0 spiro atoms. The van der Waals surface area contributed by atoms with Gasteiger partial charge in [-0.2, -0.15) is 0 Å². The van der Waals surface area contributed by atoms with Crippen molar-refractivity contribution in [3.63, 3.8) is 0 Å². The molecule has 1 aliphatic rings. The second-order valence-electron chi connectivity index (χ2n) is 6.32. The number of aromatic nitrogens is 2. The highest BCUT2D eigenvalue weighted by atomic mass is 16.1. The van der Waals surface area contributed by atoms with Crippen molar-refractivity contribution in [2.24, 2.45) is 5.92 Å². The number of fused-ring (bicyclic) bond motifs is 1. The second kappa shape index (κ2) is 5.54. The Balaban J connectivity index is 1.63. The van der Waals surface area contributed by atoms with Crippen molar-refractivity contribution >= 4 is 17.2 Å². The molecule has 4 nitrogen and oxygen atoms in total. The Hall–Kier alpha value is -2.62. The molecule has 0 radical (unpaired) electrons. The summed E-state index contributed by atoms with van der Waals surface area (Å²) in [6.45, 7) is 2.01. The molecule has 0 unspecified atom stereocenters. The predicted molar refractivity (Wildman–Crippen MR) is 91.3 cm³/mol. The molecule has 116 valence electrons. The highest BCUT2D eigenvalue weighted by molar-refractivity contribution is 5.92. The smallest absolute Gasteiger partial charge is 0.224 e. The molecule has 3 aromatic rings.